The van der Waals surface area contributed by atoms with E-state index >= 15 is 0 Å². The van der Waals surface area contributed by atoms with Gasteiger partial charge in [-0.3, -0.25) is 4.90 Å². The number of nitriles is 1. The van der Waals surface area contributed by atoms with E-state index in [1.165, 1.54) is 12.8 Å². The average Bonchev–Trinajstić information content (AvgIpc) is 2.80. The lowest BCUT2D eigenvalue weighted by Gasteiger charge is -2.21. The van der Waals surface area contributed by atoms with Gasteiger partial charge in [0.05, 0.1) is 18.2 Å². The monoisotopic (exact) mass is 166 g/mol. The summed E-state index contributed by atoms with van der Waals surface area (Å²) in [6.07, 6.45) is 3.22. The van der Waals surface area contributed by atoms with Crippen molar-refractivity contribution in [3.8, 4) is 6.07 Å². The van der Waals surface area contributed by atoms with Crippen LogP contribution in [0.1, 0.15) is 19.3 Å². The first-order valence-electron chi connectivity index (χ1n) is 4.56. The lowest BCUT2D eigenvalue weighted by Crippen LogP contribution is -2.35. The third-order valence-electron chi connectivity index (χ3n) is 2.99. The average molecular weight is 166 g/mol. The van der Waals surface area contributed by atoms with Gasteiger partial charge in [0, 0.05) is 13.1 Å². The van der Waals surface area contributed by atoms with Gasteiger partial charge in [0.2, 0.25) is 0 Å². The molecular weight excluding hydrogens is 152 g/mol. The topological polar surface area (TPSA) is 47.3 Å². The van der Waals surface area contributed by atoms with Gasteiger partial charge in [0.1, 0.15) is 0 Å². The molecule has 3 nitrogen and oxygen atoms in total. The molecular formula is C9H14N2O. The molecule has 1 saturated carbocycles. The van der Waals surface area contributed by atoms with Gasteiger partial charge in [-0.2, -0.15) is 5.26 Å². The predicted octanol–water partition coefficient (Wildman–Crippen LogP) is 0.357. The zero-order chi connectivity index (χ0) is 8.60. The van der Waals surface area contributed by atoms with E-state index in [0.717, 1.165) is 13.0 Å². The third kappa shape index (κ3) is 1.33. The van der Waals surface area contributed by atoms with Gasteiger partial charge < -0.3 is 5.11 Å². The van der Waals surface area contributed by atoms with Crippen LogP contribution in [0.5, 0.6) is 0 Å². The zero-order valence-corrected chi connectivity index (χ0v) is 7.16. The molecule has 1 unspecified atom stereocenters. The van der Waals surface area contributed by atoms with Crippen LogP contribution in [-0.2, 0) is 0 Å². The molecule has 2 fully saturated rings. The highest BCUT2D eigenvalue weighted by Crippen LogP contribution is 2.44. The highest BCUT2D eigenvalue weighted by atomic mass is 16.3. The molecule has 0 spiro atoms. The summed E-state index contributed by atoms with van der Waals surface area (Å²) in [5.74, 6) is 0.529. The van der Waals surface area contributed by atoms with Crippen molar-refractivity contribution in [3.63, 3.8) is 0 Å². The largest absolute Gasteiger partial charge is 0.388 e. The van der Waals surface area contributed by atoms with E-state index in [-0.39, 0.29) is 0 Å². The van der Waals surface area contributed by atoms with Gasteiger partial charge in [-0.1, -0.05) is 0 Å². The van der Waals surface area contributed by atoms with E-state index in [4.69, 9.17) is 5.26 Å². The molecule has 2 aliphatic rings. The fraction of sp³-hybridized carbons (Fsp3) is 0.889. The Morgan fingerprint density at radius 1 is 1.58 bits per heavy atom. The SMILES string of the molecule is N#CCN1CCC(O)(C2CC2)C1. The normalized spacial score (nSPS) is 36.7. The van der Waals surface area contributed by atoms with Gasteiger partial charge in [-0.15, -0.1) is 0 Å². The molecule has 1 heterocycles. The lowest BCUT2D eigenvalue weighted by molar-refractivity contribution is 0.0283. The summed E-state index contributed by atoms with van der Waals surface area (Å²) in [5.41, 5.74) is -0.448. The Morgan fingerprint density at radius 3 is 2.92 bits per heavy atom. The van der Waals surface area contributed by atoms with Crippen molar-refractivity contribution in [2.75, 3.05) is 19.6 Å². The Kier molecular flexibility index (Phi) is 1.82. The number of hydrogen-bond acceptors (Lipinski definition) is 3. The maximum Gasteiger partial charge on any atom is 0.0866 e. The van der Waals surface area contributed by atoms with Crippen molar-refractivity contribution < 1.29 is 5.11 Å². The third-order valence-corrected chi connectivity index (χ3v) is 2.99. The molecule has 1 atom stereocenters. The summed E-state index contributed by atoms with van der Waals surface area (Å²) < 4.78 is 0. The van der Waals surface area contributed by atoms with Crippen LogP contribution in [0.25, 0.3) is 0 Å². The van der Waals surface area contributed by atoms with Crippen LogP contribution < -0.4 is 0 Å². The Morgan fingerprint density at radius 2 is 2.33 bits per heavy atom. The van der Waals surface area contributed by atoms with Crippen LogP contribution in [-0.4, -0.2) is 35.2 Å². The Bertz CT molecular complexity index is 219. The van der Waals surface area contributed by atoms with Crippen molar-refractivity contribution in [2.45, 2.75) is 24.9 Å². The molecule has 0 aromatic carbocycles. The maximum absolute atomic E-state index is 10.1. The quantitative estimate of drug-likeness (QED) is 0.602. The van der Waals surface area contributed by atoms with E-state index in [1.807, 2.05) is 4.90 Å². The van der Waals surface area contributed by atoms with Crippen molar-refractivity contribution in [1.82, 2.24) is 4.90 Å². The number of β-amino-alcohol motifs (C(OH)–C–C–N with tert-alkyl or cyclic N) is 1. The van der Waals surface area contributed by atoms with E-state index in [0.29, 0.717) is 19.0 Å². The van der Waals surface area contributed by atoms with Gasteiger partial charge in [0.25, 0.3) is 0 Å². The molecule has 12 heavy (non-hydrogen) atoms. The van der Waals surface area contributed by atoms with E-state index in [2.05, 4.69) is 6.07 Å². The minimum atomic E-state index is -0.448. The second-order valence-corrected chi connectivity index (χ2v) is 4.00. The summed E-state index contributed by atoms with van der Waals surface area (Å²) >= 11 is 0. The molecule has 0 radical (unpaired) electrons. The Labute approximate surface area is 72.6 Å². The molecule has 0 bridgehead atoms. The van der Waals surface area contributed by atoms with Crippen LogP contribution in [0.15, 0.2) is 0 Å². The van der Waals surface area contributed by atoms with Crippen molar-refractivity contribution in [2.24, 2.45) is 5.92 Å². The highest BCUT2D eigenvalue weighted by Gasteiger charge is 2.47. The molecule has 2 rings (SSSR count). The molecule has 1 aliphatic carbocycles. The second kappa shape index (κ2) is 2.72. The molecule has 1 aliphatic heterocycles. The summed E-state index contributed by atoms with van der Waals surface area (Å²) in [5, 5.41) is 18.6. The Hall–Kier alpha value is -0.590. The first-order chi connectivity index (χ1) is 5.74. The van der Waals surface area contributed by atoms with E-state index < -0.39 is 5.60 Å². The van der Waals surface area contributed by atoms with Crippen LogP contribution in [0.2, 0.25) is 0 Å². The number of hydrogen-bond donors (Lipinski definition) is 1. The lowest BCUT2D eigenvalue weighted by atomic mass is 9.97. The Balaban J connectivity index is 1.92. The van der Waals surface area contributed by atoms with E-state index in [1.54, 1.807) is 0 Å². The molecule has 0 aromatic heterocycles. The van der Waals surface area contributed by atoms with Gasteiger partial charge in [-0.25, -0.2) is 0 Å². The maximum atomic E-state index is 10.1. The van der Waals surface area contributed by atoms with Crippen LogP contribution in [0.3, 0.4) is 0 Å². The number of likely N-dealkylation sites (tertiary alicyclic amines) is 1. The highest BCUT2D eigenvalue weighted by molar-refractivity contribution is 5.02. The zero-order valence-electron chi connectivity index (χ0n) is 7.16. The number of aliphatic hydroxyl groups is 1. The second-order valence-electron chi connectivity index (χ2n) is 4.00. The van der Waals surface area contributed by atoms with Gasteiger partial charge in [-0.05, 0) is 25.2 Å². The predicted molar refractivity (Wildman–Crippen MR) is 44.3 cm³/mol. The molecule has 1 saturated heterocycles. The fourth-order valence-corrected chi connectivity index (χ4v) is 2.09. The van der Waals surface area contributed by atoms with E-state index in [9.17, 15) is 5.11 Å². The minimum absolute atomic E-state index is 0.448. The van der Waals surface area contributed by atoms with Gasteiger partial charge >= 0.3 is 0 Å². The smallest absolute Gasteiger partial charge is 0.0866 e. The summed E-state index contributed by atoms with van der Waals surface area (Å²) in [6, 6.07) is 2.12. The minimum Gasteiger partial charge on any atom is -0.388 e. The van der Waals surface area contributed by atoms with Crippen molar-refractivity contribution in [1.29, 1.82) is 5.26 Å². The molecule has 0 amide bonds. The summed E-state index contributed by atoms with van der Waals surface area (Å²) in [6.45, 7) is 2.07. The summed E-state index contributed by atoms with van der Waals surface area (Å²) in [7, 11) is 0. The standard InChI is InChI=1S/C9H14N2O/c10-4-6-11-5-3-9(12,7-11)8-1-2-8/h8,12H,1-3,5-7H2. The first kappa shape index (κ1) is 8.03. The van der Waals surface area contributed by atoms with Crippen molar-refractivity contribution in [3.05, 3.63) is 0 Å². The molecule has 66 valence electrons. The molecule has 1 N–H and O–H groups in total. The number of rotatable bonds is 2. The molecule has 0 aromatic rings. The number of nitrogens with zero attached hydrogens (tertiary/aromatic N) is 2. The van der Waals surface area contributed by atoms with Crippen LogP contribution >= 0.6 is 0 Å². The van der Waals surface area contributed by atoms with Crippen LogP contribution in [0, 0.1) is 17.2 Å². The van der Waals surface area contributed by atoms with Gasteiger partial charge in [0.15, 0.2) is 0 Å². The summed E-state index contributed by atoms with van der Waals surface area (Å²) in [4.78, 5) is 2.04. The fourth-order valence-electron chi connectivity index (χ4n) is 2.09. The molecule has 3 heteroatoms. The first-order valence-corrected chi connectivity index (χ1v) is 4.56. The van der Waals surface area contributed by atoms with Crippen molar-refractivity contribution >= 4 is 0 Å². The van der Waals surface area contributed by atoms with Crippen LogP contribution in [0.4, 0.5) is 0 Å².